The van der Waals surface area contributed by atoms with Gasteiger partial charge in [0.25, 0.3) is 11.1 Å². The van der Waals surface area contributed by atoms with Crippen molar-refractivity contribution in [2.45, 2.75) is 13.3 Å². The van der Waals surface area contributed by atoms with E-state index in [-0.39, 0.29) is 22.9 Å². The van der Waals surface area contributed by atoms with Crippen LogP contribution in [0.5, 0.6) is 5.75 Å². The molecular formula is C21H14FN3O4S. The molecule has 0 spiro atoms. The van der Waals surface area contributed by atoms with E-state index in [9.17, 15) is 18.8 Å². The van der Waals surface area contributed by atoms with Crippen LogP contribution < -0.4 is 20.4 Å². The van der Waals surface area contributed by atoms with Gasteiger partial charge in [-0.2, -0.15) is 14.6 Å². The predicted octanol–water partition coefficient (Wildman–Crippen LogP) is 1.71. The Bertz CT molecular complexity index is 1410. The number of fused-ring (bicyclic) bond motifs is 1. The summed E-state index contributed by atoms with van der Waals surface area (Å²) in [6.07, 6.45) is 1.78. The van der Waals surface area contributed by atoms with Crippen molar-refractivity contribution in [2.75, 3.05) is 0 Å². The van der Waals surface area contributed by atoms with Crippen molar-refractivity contribution in [1.82, 2.24) is 14.6 Å². The van der Waals surface area contributed by atoms with Crippen LogP contribution in [0.3, 0.4) is 0 Å². The summed E-state index contributed by atoms with van der Waals surface area (Å²) in [5.74, 6) is -0.397. The molecule has 0 amide bonds. The second-order valence-electron chi connectivity index (χ2n) is 6.44. The lowest BCUT2D eigenvalue weighted by molar-refractivity contribution is -0.131. The van der Waals surface area contributed by atoms with Crippen LogP contribution in [-0.2, 0) is 11.2 Å². The van der Waals surface area contributed by atoms with Gasteiger partial charge in [-0.25, -0.2) is 4.39 Å². The summed E-state index contributed by atoms with van der Waals surface area (Å²) in [7, 11) is 0. The van der Waals surface area contributed by atoms with Crippen LogP contribution in [0, 0.1) is 5.82 Å². The van der Waals surface area contributed by atoms with Gasteiger partial charge in [0.05, 0.1) is 4.53 Å². The van der Waals surface area contributed by atoms with Crippen molar-refractivity contribution >= 4 is 28.3 Å². The molecular weight excluding hydrogens is 409 g/mol. The normalized spacial score (nSPS) is 11.7. The van der Waals surface area contributed by atoms with Gasteiger partial charge in [0.15, 0.2) is 0 Å². The molecule has 9 heteroatoms. The van der Waals surface area contributed by atoms with Crippen molar-refractivity contribution in [3.8, 4) is 5.75 Å². The van der Waals surface area contributed by atoms with E-state index in [4.69, 9.17) is 4.74 Å². The molecule has 0 unspecified atom stereocenters. The third kappa shape index (κ3) is 4.15. The van der Waals surface area contributed by atoms with Gasteiger partial charge in [-0.15, -0.1) is 0 Å². The van der Waals surface area contributed by atoms with Gasteiger partial charge in [-0.1, -0.05) is 35.6 Å². The average Bonchev–Trinajstić information content (AvgIpc) is 2.99. The minimum absolute atomic E-state index is 0.103. The van der Waals surface area contributed by atoms with Gasteiger partial charge < -0.3 is 4.74 Å². The van der Waals surface area contributed by atoms with Crippen molar-refractivity contribution in [1.29, 1.82) is 0 Å². The van der Waals surface area contributed by atoms with Crippen LogP contribution in [0.4, 0.5) is 4.39 Å². The van der Waals surface area contributed by atoms with E-state index >= 15 is 0 Å². The predicted molar refractivity (Wildman–Crippen MR) is 109 cm³/mol. The zero-order valence-corrected chi connectivity index (χ0v) is 16.5. The lowest BCUT2D eigenvalue weighted by Crippen LogP contribution is -2.28. The lowest BCUT2D eigenvalue weighted by Gasteiger charge is -2.00. The molecule has 0 saturated heterocycles. The Morgan fingerprint density at radius 1 is 1.13 bits per heavy atom. The molecule has 2 aromatic carbocycles. The summed E-state index contributed by atoms with van der Waals surface area (Å²) in [5.41, 5.74) is 0.574. The summed E-state index contributed by atoms with van der Waals surface area (Å²) in [5, 5.41) is 4.17. The maximum absolute atomic E-state index is 13.1. The first-order valence-electron chi connectivity index (χ1n) is 8.86. The van der Waals surface area contributed by atoms with Gasteiger partial charge >= 0.3 is 5.97 Å². The molecule has 30 heavy (non-hydrogen) atoms. The van der Waals surface area contributed by atoms with Gasteiger partial charge in [-0.05, 0) is 41.5 Å². The van der Waals surface area contributed by atoms with E-state index in [0.29, 0.717) is 21.4 Å². The quantitative estimate of drug-likeness (QED) is 0.367. The Morgan fingerprint density at radius 2 is 1.83 bits per heavy atom. The largest absolute Gasteiger partial charge is 0.427 e. The number of nitrogens with zero attached hydrogens (tertiary/aromatic N) is 3. The molecule has 4 rings (SSSR count). The molecule has 150 valence electrons. The van der Waals surface area contributed by atoms with Crippen LogP contribution >= 0.6 is 11.3 Å². The summed E-state index contributed by atoms with van der Waals surface area (Å²) >= 11 is 1.05. The van der Waals surface area contributed by atoms with Crippen molar-refractivity contribution < 1.29 is 13.9 Å². The van der Waals surface area contributed by atoms with Gasteiger partial charge in [0.1, 0.15) is 17.3 Å². The number of esters is 1. The van der Waals surface area contributed by atoms with Crippen molar-refractivity contribution in [2.24, 2.45) is 0 Å². The number of aromatic nitrogens is 3. The number of carbonyl (C=O) groups is 1. The summed E-state index contributed by atoms with van der Waals surface area (Å²) in [6, 6.07) is 12.3. The van der Waals surface area contributed by atoms with E-state index < -0.39 is 17.1 Å². The summed E-state index contributed by atoms with van der Waals surface area (Å²) in [6.45, 7) is 1.31. The summed E-state index contributed by atoms with van der Waals surface area (Å²) < 4.78 is 19.5. The van der Waals surface area contributed by atoms with Crippen LogP contribution in [0.2, 0.25) is 0 Å². The number of carbonyl (C=O) groups excluding carboxylic acids is 1. The average molecular weight is 423 g/mol. The van der Waals surface area contributed by atoms with Crippen LogP contribution in [0.15, 0.2) is 58.1 Å². The standard InChI is InChI=1S/C21H14FN3O4S/c1-12(26)29-16-8-4-14(5-9-16)11-18-20(28)25-21(30-18)23-19(27)17(24-25)10-13-2-6-15(22)7-3-13/h2-9,11H,10H2,1H3/b18-11-. The minimum atomic E-state index is -0.530. The zero-order valence-electron chi connectivity index (χ0n) is 15.7. The third-order valence-electron chi connectivity index (χ3n) is 4.17. The SMILES string of the molecule is CC(=O)Oc1ccc(/C=c2\sc3nc(=O)c(Cc4ccc(F)cc4)nn3c2=O)cc1. The third-order valence-corrected chi connectivity index (χ3v) is 5.13. The van der Waals surface area contributed by atoms with Crippen LogP contribution in [0.1, 0.15) is 23.7 Å². The van der Waals surface area contributed by atoms with Crippen molar-refractivity contribution in [3.05, 3.63) is 96.4 Å². The van der Waals surface area contributed by atoms with E-state index in [1.807, 2.05) is 0 Å². The number of benzene rings is 2. The molecule has 7 nitrogen and oxygen atoms in total. The highest BCUT2D eigenvalue weighted by atomic mass is 32.1. The van der Waals surface area contributed by atoms with E-state index in [2.05, 4.69) is 10.1 Å². The molecule has 0 saturated carbocycles. The molecule has 2 heterocycles. The molecule has 0 aliphatic heterocycles. The van der Waals surface area contributed by atoms with Crippen molar-refractivity contribution in [3.63, 3.8) is 0 Å². The number of ether oxygens (including phenoxy) is 1. The fraction of sp³-hybridized carbons (Fsp3) is 0.0952. The van der Waals surface area contributed by atoms with E-state index in [1.165, 1.54) is 19.1 Å². The Hall–Kier alpha value is -3.72. The number of halogens is 1. The number of thiazole rings is 1. The topological polar surface area (TPSA) is 90.6 Å². The van der Waals surface area contributed by atoms with Gasteiger partial charge in [-0.3, -0.25) is 14.4 Å². The molecule has 0 aliphatic rings. The second kappa shape index (κ2) is 7.96. The van der Waals surface area contributed by atoms with E-state index in [0.717, 1.165) is 15.9 Å². The van der Waals surface area contributed by atoms with Crippen LogP contribution in [-0.4, -0.2) is 20.6 Å². The maximum Gasteiger partial charge on any atom is 0.308 e. The Balaban J connectivity index is 1.70. The fourth-order valence-electron chi connectivity index (χ4n) is 2.80. The van der Waals surface area contributed by atoms with Gasteiger partial charge in [0, 0.05) is 13.3 Å². The molecule has 0 radical (unpaired) electrons. The fourth-order valence-corrected chi connectivity index (χ4v) is 3.70. The zero-order chi connectivity index (χ0) is 21.3. The molecule has 0 bridgehead atoms. The Morgan fingerprint density at radius 3 is 2.50 bits per heavy atom. The molecule has 4 aromatic rings. The first kappa shape index (κ1) is 19.6. The first-order valence-corrected chi connectivity index (χ1v) is 9.68. The lowest BCUT2D eigenvalue weighted by atomic mass is 10.1. The molecule has 0 N–H and O–H groups in total. The van der Waals surface area contributed by atoms with E-state index in [1.54, 1.807) is 42.5 Å². The molecule has 0 fully saturated rings. The number of hydrogen-bond acceptors (Lipinski definition) is 7. The summed E-state index contributed by atoms with van der Waals surface area (Å²) in [4.78, 5) is 40.2. The monoisotopic (exact) mass is 423 g/mol. The van der Waals surface area contributed by atoms with Gasteiger partial charge in [0.2, 0.25) is 4.96 Å². The maximum atomic E-state index is 13.1. The number of rotatable bonds is 4. The number of hydrogen-bond donors (Lipinski definition) is 0. The highest BCUT2D eigenvalue weighted by molar-refractivity contribution is 7.15. The second-order valence-corrected chi connectivity index (χ2v) is 7.45. The first-order chi connectivity index (χ1) is 14.4. The smallest absolute Gasteiger partial charge is 0.308 e. The molecule has 0 aliphatic carbocycles. The highest BCUT2D eigenvalue weighted by Gasteiger charge is 2.12. The molecule has 2 aromatic heterocycles. The Kier molecular flexibility index (Phi) is 5.20. The van der Waals surface area contributed by atoms with Crippen LogP contribution in [0.25, 0.3) is 11.0 Å². The molecule has 0 atom stereocenters. The highest BCUT2D eigenvalue weighted by Crippen LogP contribution is 2.13. The minimum Gasteiger partial charge on any atom is -0.427 e. The Labute approximate surface area is 172 Å².